The predicted octanol–water partition coefficient (Wildman–Crippen LogP) is 1.23. The number of rotatable bonds is 3. The van der Waals surface area contributed by atoms with E-state index in [0.29, 0.717) is 0 Å². The van der Waals surface area contributed by atoms with E-state index >= 15 is 0 Å². The van der Waals surface area contributed by atoms with E-state index in [1.165, 1.54) is 11.1 Å². The third kappa shape index (κ3) is 2.41. The summed E-state index contributed by atoms with van der Waals surface area (Å²) in [5, 5.41) is 0. The third-order valence-corrected chi connectivity index (χ3v) is 2.24. The number of hydrogen-bond donors (Lipinski definition) is 1. The van der Waals surface area contributed by atoms with Gasteiger partial charge < -0.3 is 0 Å². The van der Waals surface area contributed by atoms with Gasteiger partial charge in [0.25, 0.3) is 0 Å². The van der Waals surface area contributed by atoms with Crippen LogP contribution in [0.5, 0.6) is 0 Å². The Balaban J connectivity index is 2.83. The average Bonchev–Trinajstić information content (AvgIpc) is 2.06. The maximum atomic E-state index is 5.47. The second-order valence-corrected chi connectivity index (χ2v) is 2.97. The molecule has 1 aromatic carbocycles. The van der Waals surface area contributed by atoms with Crippen molar-refractivity contribution in [3.8, 4) is 0 Å². The molecule has 0 aliphatic heterocycles. The summed E-state index contributed by atoms with van der Waals surface area (Å²) in [6.45, 7) is 0.730. The van der Waals surface area contributed by atoms with Crippen LogP contribution in [0.3, 0.4) is 0 Å². The van der Waals surface area contributed by atoms with Crippen molar-refractivity contribution < 1.29 is 19.2 Å². The van der Waals surface area contributed by atoms with E-state index in [9.17, 15) is 0 Å². The van der Waals surface area contributed by atoms with Gasteiger partial charge in [0.15, 0.2) is 0 Å². The fourth-order valence-corrected chi connectivity index (χ4v) is 1.60. The quantitative estimate of drug-likeness (QED) is 0.791. The van der Waals surface area contributed by atoms with Crippen LogP contribution in [0.1, 0.15) is 11.1 Å². The van der Waals surface area contributed by atoms with Gasteiger partial charge in [0.1, 0.15) is 0 Å². The first kappa shape index (κ1) is 8.93. The molecule has 11 heavy (non-hydrogen) atoms. The summed E-state index contributed by atoms with van der Waals surface area (Å²) < 4.78 is 0. The Bertz CT molecular complexity index is 223. The summed E-state index contributed by atoms with van der Waals surface area (Å²) in [5.41, 5.74) is 8.20. The van der Waals surface area contributed by atoms with Gasteiger partial charge in [-0.05, 0) is 0 Å². The Hall–Kier alpha value is -0.158. The van der Waals surface area contributed by atoms with Gasteiger partial charge in [-0.1, -0.05) is 0 Å². The van der Waals surface area contributed by atoms with Gasteiger partial charge in [-0.15, -0.1) is 0 Å². The van der Waals surface area contributed by atoms with E-state index in [1.807, 2.05) is 0 Å². The Morgan fingerprint density at radius 1 is 1.18 bits per heavy atom. The van der Waals surface area contributed by atoms with Crippen molar-refractivity contribution >= 4 is 0 Å². The van der Waals surface area contributed by atoms with E-state index in [0.717, 1.165) is 17.9 Å². The molecule has 2 heteroatoms. The van der Waals surface area contributed by atoms with Gasteiger partial charge in [-0.3, -0.25) is 0 Å². The van der Waals surface area contributed by atoms with E-state index in [-0.39, 0.29) is 0 Å². The van der Waals surface area contributed by atoms with E-state index in [1.54, 1.807) is 0 Å². The molecule has 0 heterocycles. The zero-order chi connectivity index (χ0) is 8.10. The summed E-state index contributed by atoms with van der Waals surface area (Å²) in [6.07, 6.45) is 0.980. The first-order valence-electron chi connectivity index (χ1n) is 3.67. The molecular weight excluding hydrogens is 229 g/mol. The molecule has 1 rings (SSSR count). The summed E-state index contributed by atoms with van der Waals surface area (Å²) in [6, 6.07) is 8.38. The Kier molecular flexibility index (Phi) is 3.79. The second-order valence-electron chi connectivity index (χ2n) is 2.42. The van der Waals surface area contributed by atoms with Crippen molar-refractivity contribution in [2.45, 2.75) is 11.3 Å². The van der Waals surface area contributed by atoms with Crippen LogP contribution in [0, 0.1) is 0 Å². The number of hydrogen-bond acceptors (Lipinski definition) is 1. The molecule has 0 unspecified atom stereocenters. The topological polar surface area (TPSA) is 26.0 Å². The van der Waals surface area contributed by atoms with Crippen molar-refractivity contribution in [2.75, 3.05) is 6.54 Å². The predicted molar refractivity (Wildman–Crippen MR) is 42.9 cm³/mol. The van der Waals surface area contributed by atoms with E-state index in [4.69, 9.17) is 5.73 Å². The SMILES string of the molecule is NCCc1ccccc1[CH2][Pd]. The van der Waals surface area contributed by atoms with Crippen LogP contribution < -0.4 is 5.73 Å². The Morgan fingerprint density at radius 2 is 1.82 bits per heavy atom. The molecule has 1 nitrogen and oxygen atoms in total. The molecule has 2 N–H and O–H groups in total. The Labute approximate surface area is 78.4 Å². The molecule has 0 atom stereocenters. The van der Waals surface area contributed by atoms with Gasteiger partial charge in [0, 0.05) is 0 Å². The molecule has 0 bridgehead atoms. The van der Waals surface area contributed by atoms with Crippen LogP contribution in [0.15, 0.2) is 24.3 Å². The molecule has 1 aromatic rings. The molecule has 0 aliphatic rings. The van der Waals surface area contributed by atoms with Crippen LogP contribution in [0.2, 0.25) is 0 Å². The number of nitrogens with two attached hydrogens (primary N) is 1. The molecular formula is C9H12NPd. The molecule has 0 radical (unpaired) electrons. The van der Waals surface area contributed by atoms with Gasteiger partial charge in [-0.25, -0.2) is 0 Å². The van der Waals surface area contributed by atoms with Crippen LogP contribution in [0.4, 0.5) is 0 Å². The standard InChI is InChI=1S/C9H12N.Pd/c1-8-4-2-3-5-9(8)6-7-10;/h2-5H,1,6-7,10H2;. The third-order valence-electron chi connectivity index (χ3n) is 1.65. The summed E-state index contributed by atoms with van der Waals surface area (Å²) in [5.74, 6) is 0. The zero-order valence-electron chi connectivity index (χ0n) is 6.32. The summed E-state index contributed by atoms with van der Waals surface area (Å²) in [4.78, 5) is 0.957. The fraction of sp³-hybridized carbons (Fsp3) is 0.333. The first-order chi connectivity index (χ1) is 5.38. The summed E-state index contributed by atoms with van der Waals surface area (Å²) in [7, 11) is 0. The van der Waals surface area contributed by atoms with Crippen molar-refractivity contribution in [3.63, 3.8) is 0 Å². The van der Waals surface area contributed by atoms with Crippen LogP contribution in [0.25, 0.3) is 0 Å². The molecule has 0 aliphatic carbocycles. The van der Waals surface area contributed by atoms with Crippen LogP contribution in [-0.2, 0) is 30.5 Å². The van der Waals surface area contributed by atoms with E-state index in [2.05, 4.69) is 43.5 Å². The fourth-order valence-electron chi connectivity index (χ4n) is 1.07. The average molecular weight is 241 g/mol. The van der Waals surface area contributed by atoms with E-state index < -0.39 is 0 Å². The minimum atomic E-state index is 0.730. The molecule has 63 valence electrons. The monoisotopic (exact) mass is 240 g/mol. The van der Waals surface area contributed by atoms with Crippen molar-refractivity contribution in [2.24, 2.45) is 5.73 Å². The zero-order valence-corrected chi connectivity index (χ0v) is 7.88. The van der Waals surface area contributed by atoms with Crippen molar-refractivity contribution in [1.82, 2.24) is 0 Å². The van der Waals surface area contributed by atoms with Crippen LogP contribution in [-0.4, -0.2) is 6.54 Å². The molecule has 0 aromatic heterocycles. The minimum absolute atomic E-state index is 0.730. The summed E-state index contributed by atoms with van der Waals surface area (Å²) >= 11 is 3.19. The van der Waals surface area contributed by atoms with Crippen molar-refractivity contribution in [1.29, 1.82) is 0 Å². The molecule has 0 fully saturated rings. The molecule has 0 saturated carbocycles. The molecule has 0 saturated heterocycles. The van der Waals surface area contributed by atoms with Gasteiger partial charge >= 0.3 is 78.2 Å². The van der Waals surface area contributed by atoms with Crippen molar-refractivity contribution in [3.05, 3.63) is 35.4 Å². The van der Waals surface area contributed by atoms with Gasteiger partial charge in [-0.2, -0.15) is 0 Å². The van der Waals surface area contributed by atoms with Gasteiger partial charge in [0.05, 0.1) is 0 Å². The maximum absolute atomic E-state index is 5.47. The normalized spacial score (nSPS) is 10.1. The second kappa shape index (κ2) is 4.67. The first-order valence-corrected chi connectivity index (χ1v) is 4.77. The number of benzene rings is 1. The molecule has 0 amide bonds. The van der Waals surface area contributed by atoms with Gasteiger partial charge in [0.2, 0.25) is 0 Å². The molecule has 0 spiro atoms. The van der Waals surface area contributed by atoms with Crippen LogP contribution >= 0.6 is 0 Å². The Morgan fingerprint density at radius 3 is 2.36 bits per heavy atom.